The number of nitrogens with one attached hydrogen (secondary N) is 3. The number of carbonyl (C=O) groups excluding carboxylic acids is 4. The number of anilines is 2. The van der Waals surface area contributed by atoms with E-state index in [9.17, 15) is 19.2 Å². The van der Waals surface area contributed by atoms with Crippen molar-refractivity contribution in [2.75, 3.05) is 17.2 Å². The van der Waals surface area contributed by atoms with Gasteiger partial charge in [0.25, 0.3) is 11.8 Å². The third-order valence-corrected chi connectivity index (χ3v) is 5.88. The van der Waals surface area contributed by atoms with Crippen molar-refractivity contribution in [1.82, 2.24) is 10.2 Å². The number of imide groups is 1. The highest BCUT2D eigenvalue weighted by atomic mass is 16.2. The Bertz CT molecular complexity index is 1250. The Hall–Kier alpha value is -4.46. The van der Waals surface area contributed by atoms with Crippen molar-refractivity contribution in [3.63, 3.8) is 0 Å². The second-order valence-corrected chi connectivity index (χ2v) is 8.55. The fraction of sp³-hybridized carbons (Fsp3) is 0.185. The minimum absolute atomic E-state index is 0.259. The molecule has 8 nitrogen and oxygen atoms in total. The third-order valence-electron chi connectivity index (χ3n) is 5.88. The molecule has 178 valence electrons. The highest BCUT2D eigenvalue weighted by molar-refractivity contribution is 6.12. The number of nitrogens with zero attached hydrogens (tertiary/aromatic N) is 1. The summed E-state index contributed by atoms with van der Waals surface area (Å²) in [6.07, 6.45) is 1.01. The average Bonchev–Trinajstić information content (AvgIpc) is 3.07. The number of urea groups is 1. The van der Waals surface area contributed by atoms with Crippen LogP contribution in [0.5, 0.6) is 0 Å². The van der Waals surface area contributed by atoms with Crippen LogP contribution in [0, 0.1) is 0 Å². The Balaban J connectivity index is 1.40. The normalized spacial score (nSPS) is 17.1. The van der Waals surface area contributed by atoms with Gasteiger partial charge in [0.1, 0.15) is 12.1 Å². The van der Waals surface area contributed by atoms with Gasteiger partial charge in [0.15, 0.2) is 0 Å². The minimum Gasteiger partial charge on any atom is -0.324 e. The van der Waals surface area contributed by atoms with E-state index in [1.807, 2.05) is 36.4 Å². The molecule has 8 heteroatoms. The first kappa shape index (κ1) is 23.7. The molecule has 1 atom stereocenters. The number of rotatable bonds is 8. The molecule has 1 aliphatic rings. The van der Waals surface area contributed by atoms with E-state index >= 15 is 0 Å². The Labute approximate surface area is 203 Å². The van der Waals surface area contributed by atoms with E-state index in [0.29, 0.717) is 18.5 Å². The molecule has 0 spiro atoms. The first-order valence-electron chi connectivity index (χ1n) is 11.3. The van der Waals surface area contributed by atoms with Crippen molar-refractivity contribution in [3.8, 4) is 0 Å². The van der Waals surface area contributed by atoms with Crippen LogP contribution in [0.25, 0.3) is 0 Å². The molecule has 0 radical (unpaired) electrons. The lowest BCUT2D eigenvalue weighted by molar-refractivity contribution is -0.133. The van der Waals surface area contributed by atoms with Gasteiger partial charge in [-0.1, -0.05) is 60.7 Å². The SMILES string of the molecule is CC1(CCc2ccccc2)NC(=O)N(CC(=O)Nc2ccccc2C(=O)Nc2ccccc2)C1=O. The molecule has 0 aliphatic carbocycles. The number of amides is 5. The summed E-state index contributed by atoms with van der Waals surface area (Å²) in [5.41, 5.74) is 1.12. The molecule has 4 rings (SSSR count). The predicted molar refractivity (Wildman–Crippen MR) is 133 cm³/mol. The molecule has 5 amide bonds. The van der Waals surface area contributed by atoms with Crippen LogP contribution in [0.3, 0.4) is 0 Å². The second kappa shape index (κ2) is 10.2. The smallest absolute Gasteiger partial charge is 0.324 e. The van der Waals surface area contributed by atoms with Gasteiger partial charge in [0, 0.05) is 5.69 Å². The van der Waals surface area contributed by atoms with Crippen LogP contribution in [0.15, 0.2) is 84.9 Å². The highest BCUT2D eigenvalue weighted by Gasteiger charge is 2.47. The molecule has 1 unspecified atom stereocenters. The van der Waals surface area contributed by atoms with Gasteiger partial charge in [-0.05, 0) is 49.6 Å². The van der Waals surface area contributed by atoms with Gasteiger partial charge in [0.05, 0.1) is 11.3 Å². The van der Waals surface area contributed by atoms with Crippen LogP contribution in [-0.2, 0) is 16.0 Å². The van der Waals surface area contributed by atoms with Gasteiger partial charge < -0.3 is 16.0 Å². The first-order chi connectivity index (χ1) is 16.9. The van der Waals surface area contributed by atoms with Crippen molar-refractivity contribution >= 4 is 35.1 Å². The quantitative estimate of drug-likeness (QED) is 0.435. The van der Waals surface area contributed by atoms with E-state index in [1.54, 1.807) is 55.5 Å². The molecule has 1 fully saturated rings. The molecule has 3 N–H and O–H groups in total. The summed E-state index contributed by atoms with van der Waals surface area (Å²) in [5, 5.41) is 8.16. The zero-order valence-electron chi connectivity index (χ0n) is 19.3. The summed E-state index contributed by atoms with van der Waals surface area (Å²) in [4.78, 5) is 52.0. The van der Waals surface area contributed by atoms with Gasteiger partial charge in [-0.25, -0.2) is 4.79 Å². The molecule has 1 saturated heterocycles. The van der Waals surface area contributed by atoms with Crippen molar-refractivity contribution in [3.05, 3.63) is 96.1 Å². The fourth-order valence-corrected chi connectivity index (χ4v) is 3.94. The van der Waals surface area contributed by atoms with Gasteiger partial charge in [-0.3, -0.25) is 19.3 Å². The number of carbonyl (C=O) groups is 4. The topological polar surface area (TPSA) is 108 Å². The zero-order valence-corrected chi connectivity index (χ0v) is 19.3. The third kappa shape index (κ3) is 5.55. The van der Waals surface area contributed by atoms with Crippen LogP contribution in [-0.4, -0.2) is 40.7 Å². The highest BCUT2D eigenvalue weighted by Crippen LogP contribution is 2.24. The predicted octanol–water partition coefficient (Wildman–Crippen LogP) is 3.82. The Morgan fingerprint density at radius 3 is 2.20 bits per heavy atom. The lowest BCUT2D eigenvalue weighted by atomic mass is 9.93. The molecule has 1 aliphatic heterocycles. The number of benzene rings is 3. The fourth-order valence-electron chi connectivity index (χ4n) is 3.94. The molecule has 1 heterocycles. The maximum absolute atomic E-state index is 13.0. The van der Waals surface area contributed by atoms with Crippen molar-refractivity contribution in [2.24, 2.45) is 0 Å². The van der Waals surface area contributed by atoms with Crippen molar-refractivity contribution < 1.29 is 19.2 Å². The average molecular weight is 471 g/mol. The standard InChI is InChI=1S/C27H26N4O4/c1-27(17-16-19-10-4-2-5-11-19)25(34)31(26(35)30-27)18-23(32)29-22-15-9-8-14-21(22)24(33)28-20-12-6-3-7-13-20/h2-15H,16-18H2,1H3,(H,28,33)(H,29,32)(H,30,35). The van der Waals surface area contributed by atoms with E-state index in [4.69, 9.17) is 0 Å². The Kier molecular flexibility index (Phi) is 6.91. The summed E-state index contributed by atoms with van der Waals surface area (Å²) in [6.45, 7) is 1.21. The number of hydrogen-bond donors (Lipinski definition) is 3. The molecular formula is C27H26N4O4. The van der Waals surface area contributed by atoms with Crippen LogP contribution in [0.1, 0.15) is 29.3 Å². The summed E-state index contributed by atoms with van der Waals surface area (Å²) in [5.74, 6) is -1.43. The van der Waals surface area contributed by atoms with E-state index in [-0.39, 0.29) is 11.3 Å². The van der Waals surface area contributed by atoms with E-state index in [2.05, 4.69) is 16.0 Å². The monoisotopic (exact) mass is 470 g/mol. The minimum atomic E-state index is -1.10. The van der Waals surface area contributed by atoms with Gasteiger partial charge in [0.2, 0.25) is 5.91 Å². The van der Waals surface area contributed by atoms with Gasteiger partial charge >= 0.3 is 6.03 Å². The molecule has 0 aromatic heterocycles. The molecule has 35 heavy (non-hydrogen) atoms. The first-order valence-corrected chi connectivity index (χ1v) is 11.3. The molecule has 3 aromatic carbocycles. The molecule has 0 saturated carbocycles. The van der Waals surface area contributed by atoms with E-state index in [0.717, 1.165) is 10.5 Å². The second-order valence-electron chi connectivity index (χ2n) is 8.55. The van der Waals surface area contributed by atoms with Crippen LogP contribution in [0.4, 0.5) is 16.2 Å². The summed E-state index contributed by atoms with van der Waals surface area (Å²) in [7, 11) is 0. The molecular weight excluding hydrogens is 444 g/mol. The van der Waals surface area contributed by atoms with Crippen molar-refractivity contribution in [1.29, 1.82) is 0 Å². The van der Waals surface area contributed by atoms with Crippen LogP contribution >= 0.6 is 0 Å². The number of para-hydroxylation sites is 2. The summed E-state index contributed by atoms with van der Waals surface area (Å²) in [6, 6.07) is 24.6. The summed E-state index contributed by atoms with van der Waals surface area (Å²) >= 11 is 0. The lowest BCUT2D eigenvalue weighted by Crippen LogP contribution is -2.45. The van der Waals surface area contributed by atoms with Gasteiger partial charge in [-0.15, -0.1) is 0 Å². The number of hydrogen-bond acceptors (Lipinski definition) is 4. The maximum Gasteiger partial charge on any atom is 0.325 e. The largest absolute Gasteiger partial charge is 0.325 e. The Morgan fingerprint density at radius 2 is 1.49 bits per heavy atom. The number of aryl methyl sites for hydroxylation is 1. The van der Waals surface area contributed by atoms with Crippen LogP contribution in [0.2, 0.25) is 0 Å². The summed E-state index contributed by atoms with van der Waals surface area (Å²) < 4.78 is 0. The van der Waals surface area contributed by atoms with Crippen molar-refractivity contribution in [2.45, 2.75) is 25.3 Å². The van der Waals surface area contributed by atoms with Crippen LogP contribution < -0.4 is 16.0 Å². The zero-order chi connectivity index (χ0) is 24.8. The van der Waals surface area contributed by atoms with E-state index in [1.165, 1.54) is 0 Å². The lowest BCUT2D eigenvalue weighted by Gasteiger charge is -2.21. The van der Waals surface area contributed by atoms with E-state index < -0.39 is 35.8 Å². The van der Waals surface area contributed by atoms with Gasteiger partial charge in [-0.2, -0.15) is 0 Å². The maximum atomic E-state index is 13.0. The molecule has 3 aromatic rings. The molecule has 0 bridgehead atoms. The Morgan fingerprint density at radius 1 is 0.857 bits per heavy atom.